The van der Waals surface area contributed by atoms with Crippen molar-refractivity contribution in [3.63, 3.8) is 0 Å². The first-order valence-electron chi connectivity index (χ1n) is 7.68. The number of nitrogens with one attached hydrogen (secondary N) is 2. The van der Waals surface area contributed by atoms with Crippen LogP contribution in [0.25, 0.3) is 10.8 Å². The Morgan fingerprint density at radius 2 is 1.48 bits per heavy atom. The van der Waals surface area contributed by atoms with Gasteiger partial charge in [-0.1, -0.05) is 54.1 Å². The van der Waals surface area contributed by atoms with Crippen molar-refractivity contribution in [3.05, 3.63) is 71.3 Å². The Kier molecular flexibility index (Phi) is 4.30. The normalized spacial score (nSPS) is 10.6. The highest BCUT2D eigenvalue weighted by Gasteiger charge is 2.07. The second-order valence-electron chi connectivity index (χ2n) is 5.88. The number of thiocarbonyl (C=S) groups is 1. The number of hydrogen-bond donors (Lipinski definition) is 2. The zero-order valence-corrected chi connectivity index (χ0v) is 14.4. The fraction of sp³-hybridized carbons (Fsp3) is 0.150. The smallest absolute Gasteiger partial charge is 0.175 e. The third-order valence-electron chi connectivity index (χ3n) is 3.95. The van der Waals surface area contributed by atoms with Crippen molar-refractivity contribution in [3.8, 4) is 0 Å². The van der Waals surface area contributed by atoms with Gasteiger partial charge in [0.25, 0.3) is 0 Å². The molecule has 0 unspecified atom stereocenters. The van der Waals surface area contributed by atoms with Crippen LogP contribution in [0.15, 0.2) is 54.6 Å². The predicted molar refractivity (Wildman–Crippen MR) is 104 cm³/mol. The Morgan fingerprint density at radius 3 is 2.22 bits per heavy atom. The zero-order chi connectivity index (χ0) is 16.4. The van der Waals surface area contributed by atoms with Gasteiger partial charge in [0.1, 0.15) is 0 Å². The van der Waals surface area contributed by atoms with Crippen LogP contribution in [-0.4, -0.2) is 5.11 Å². The van der Waals surface area contributed by atoms with Gasteiger partial charge in [0.2, 0.25) is 0 Å². The quantitative estimate of drug-likeness (QED) is 0.603. The fourth-order valence-corrected chi connectivity index (χ4v) is 3.19. The summed E-state index contributed by atoms with van der Waals surface area (Å²) in [5.41, 5.74) is 5.75. The molecular weight excluding hydrogens is 300 g/mol. The van der Waals surface area contributed by atoms with Gasteiger partial charge in [0, 0.05) is 16.8 Å². The van der Waals surface area contributed by atoms with E-state index in [1.165, 1.54) is 22.1 Å². The first kappa shape index (κ1) is 15.5. The zero-order valence-electron chi connectivity index (χ0n) is 13.6. The number of fused-ring (bicyclic) bond motifs is 1. The molecule has 3 aromatic rings. The molecule has 0 aliphatic rings. The van der Waals surface area contributed by atoms with Crippen LogP contribution in [0.3, 0.4) is 0 Å². The second-order valence-corrected chi connectivity index (χ2v) is 6.29. The Balaban J connectivity index is 1.85. The number of hydrogen-bond acceptors (Lipinski definition) is 1. The molecule has 0 aliphatic heterocycles. The minimum Gasteiger partial charge on any atom is -0.332 e. The molecule has 2 nitrogen and oxygen atoms in total. The molecular formula is C20H20N2S. The van der Waals surface area contributed by atoms with Crippen LogP contribution >= 0.6 is 12.2 Å². The molecule has 0 aliphatic carbocycles. The number of aryl methyl sites for hydroxylation is 3. The van der Waals surface area contributed by atoms with E-state index in [1.54, 1.807) is 0 Å². The van der Waals surface area contributed by atoms with Crippen molar-refractivity contribution in [2.75, 3.05) is 10.6 Å². The summed E-state index contributed by atoms with van der Waals surface area (Å²) >= 11 is 5.51. The number of rotatable bonds is 2. The first-order valence-corrected chi connectivity index (χ1v) is 8.09. The molecule has 2 N–H and O–H groups in total. The van der Waals surface area contributed by atoms with E-state index >= 15 is 0 Å². The average Bonchev–Trinajstić information content (AvgIpc) is 2.51. The fourth-order valence-electron chi connectivity index (χ4n) is 2.98. The van der Waals surface area contributed by atoms with Crippen molar-refractivity contribution >= 4 is 39.5 Å². The maximum Gasteiger partial charge on any atom is 0.175 e. The lowest BCUT2D eigenvalue weighted by Gasteiger charge is -2.16. The van der Waals surface area contributed by atoms with E-state index in [2.05, 4.69) is 61.7 Å². The lowest BCUT2D eigenvalue weighted by atomic mass is 10.1. The molecule has 0 saturated carbocycles. The van der Waals surface area contributed by atoms with Crippen LogP contribution in [-0.2, 0) is 0 Å². The molecule has 0 saturated heterocycles. The molecule has 0 atom stereocenters. The lowest BCUT2D eigenvalue weighted by molar-refractivity contribution is 1.32. The number of benzene rings is 3. The van der Waals surface area contributed by atoms with Gasteiger partial charge in [-0.15, -0.1) is 0 Å². The summed E-state index contributed by atoms with van der Waals surface area (Å²) in [5.74, 6) is 0. The lowest BCUT2D eigenvalue weighted by Crippen LogP contribution is -2.20. The second kappa shape index (κ2) is 6.39. The average molecular weight is 320 g/mol. The molecule has 23 heavy (non-hydrogen) atoms. The van der Waals surface area contributed by atoms with Gasteiger partial charge in [-0.25, -0.2) is 0 Å². The van der Waals surface area contributed by atoms with Gasteiger partial charge in [0.15, 0.2) is 5.11 Å². The van der Waals surface area contributed by atoms with Crippen molar-refractivity contribution in [2.45, 2.75) is 20.8 Å². The minimum atomic E-state index is 0.608. The van der Waals surface area contributed by atoms with Gasteiger partial charge in [-0.05, 0) is 55.6 Å². The minimum absolute atomic E-state index is 0.608. The van der Waals surface area contributed by atoms with E-state index in [0.717, 1.165) is 16.8 Å². The highest BCUT2D eigenvalue weighted by Crippen LogP contribution is 2.25. The molecule has 0 amide bonds. The third-order valence-corrected chi connectivity index (χ3v) is 4.16. The maximum atomic E-state index is 5.51. The van der Waals surface area contributed by atoms with E-state index in [1.807, 2.05) is 24.3 Å². The highest BCUT2D eigenvalue weighted by molar-refractivity contribution is 7.80. The van der Waals surface area contributed by atoms with E-state index in [4.69, 9.17) is 12.2 Å². The molecule has 3 aromatic carbocycles. The monoisotopic (exact) mass is 320 g/mol. The number of anilines is 2. The summed E-state index contributed by atoms with van der Waals surface area (Å²) in [6.07, 6.45) is 0. The van der Waals surface area contributed by atoms with E-state index in [0.29, 0.717) is 5.11 Å². The molecule has 0 fully saturated rings. The van der Waals surface area contributed by atoms with Crippen molar-refractivity contribution < 1.29 is 0 Å². The van der Waals surface area contributed by atoms with E-state index in [-0.39, 0.29) is 0 Å². The molecule has 0 radical (unpaired) electrons. The summed E-state index contributed by atoms with van der Waals surface area (Å²) in [5, 5.41) is 9.63. The first-order chi connectivity index (χ1) is 11.0. The van der Waals surface area contributed by atoms with Crippen LogP contribution in [0.4, 0.5) is 11.4 Å². The van der Waals surface area contributed by atoms with Crippen LogP contribution in [0.2, 0.25) is 0 Å². The van der Waals surface area contributed by atoms with Crippen molar-refractivity contribution in [2.24, 2.45) is 0 Å². The SMILES string of the molecule is Cc1cc(C)c(NC(=S)Nc2cccc3ccccc23)c(C)c1. The van der Waals surface area contributed by atoms with Crippen LogP contribution < -0.4 is 10.6 Å². The summed E-state index contributed by atoms with van der Waals surface area (Å²) in [6, 6.07) is 18.8. The molecule has 0 aromatic heterocycles. The summed E-state index contributed by atoms with van der Waals surface area (Å²) in [4.78, 5) is 0. The Labute approximate surface area is 142 Å². The van der Waals surface area contributed by atoms with Gasteiger partial charge in [-0.2, -0.15) is 0 Å². The molecule has 3 heteroatoms. The molecule has 0 spiro atoms. The van der Waals surface area contributed by atoms with Gasteiger partial charge in [0.05, 0.1) is 0 Å². The Morgan fingerprint density at radius 1 is 0.826 bits per heavy atom. The largest absolute Gasteiger partial charge is 0.332 e. The third kappa shape index (κ3) is 3.35. The topological polar surface area (TPSA) is 24.1 Å². The predicted octanol–water partition coefficient (Wildman–Crippen LogP) is 5.57. The van der Waals surface area contributed by atoms with Crippen LogP contribution in [0.1, 0.15) is 16.7 Å². The Bertz CT molecular complexity index is 855. The molecule has 3 rings (SSSR count). The standard InChI is InChI=1S/C20H20N2S/c1-13-11-14(2)19(15(3)12-13)22-20(23)21-18-10-6-8-16-7-4-5-9-17(16)18/h4-12H,1-3H3,(H2,21,22,23). The molecule has 0 heterocycles. The summed E-state index contributed by atoms with van der Waals surface area (Å²) < 4.78 is 0. The van der Waals surface area contributed by atoms with Crippen molar-refractivity contribution in [1.82, 2.24) is 0 Å². The summed E-state index contributed by atoms with van der Waals surface area (Å²) in [7, 11) is 0. The van der Waals surface area contributed by atoms with Crippen LogP contribution in [0, 0.1) is 20.8 Å². The highest BCUT2D eigenvalue weighted by atomic mass is 32.1. The van der Waals surface area contributed by atoms with Gasteiger partial charge < -0.3 is 10.6 Å². The molecule has 0 bridgehead atoms. The van der Waals surface area contributed by atoms with Crippen LogP contribution in [0.5, 0.6) is 0 Å². The Hall–Kier alpha value is -2.39. The van der Waals surface area contributed by atoms with E-state index < -0.39 is 0 Å². The molecule has 116 valence electrons. The van der Waals surface area contributed by atoms with Gasteiger partial charge >= 0.3 is 0 Å². The maximum absolute atomic E-state index is 5.51. The van der Waals surface area contributed by atoms with Crippen molar-refractivity contribution in [1.29, 1.82) is 0 Å². The van der Waals surface area contributed by atoms with Gasteiger partial charge in [-0.3, -0.25) is 0 Å². The summed E-state index contributed by atoms with van der Waals surface area (Å²) in [6.45, 7) is 6.31. The van der Waals surface area contributed by atoms with E-state index in [9.17, 15) is 0 Å².